The summed E-state index contributed by atoms with van der Waals surface area (Å²) in [6, 6.07) is 7.70. The van der Waals surface area contributed by atoms with Gasteiger partial charge in [-0.25, -0.2) is 13.9 Å². The maximum atomic E-state index is 13.2. The monoisotopic (exact) mass is 360 g/mol. The third-order valence-corrected chi connectivity index (χ3v) is 4.35. The molecule has 1 aromatic heterocycles. The molecule has 1 fully saturated rings. The Balaban J connectivity index is 1.83. The van der Waals surface area contributed by atoms with Crippen LogP contribution in [0.25, 0.3) is 5.69 Å². The molecule has 3 rings (SSSR count). The van der Waals surface area contributed by atoms with Gasteiger partial charge in [0.2, 0.25) is 0 Å². The minimum Gasteiger partial charge on any atom is -0.381 e. The molecular weight excluding hydrogens is 335 g/mol. The van der Waals surface area contributed by atoms with Crippen molar-refractivity contribution in [3.8, 4) is 5.69 Å². The summed E-state index contributed by atoms with van der Waals surface area (Å²) < 4.78 is 20.2. The number of benzene rings is 1. The van der Waals surface area contributed by atoms with Crippen LogP contribution in [0, 0.1) is 5.82 Å². The van der Waals surface area contributed by atoms with Gasteiger partial charge in [-0.05, 0) is 37.1 Å². The van der Waals surface area contributed by atoms with Gasteiger partial charge in [0.1, 0.15) is 11.6 Å². The van der Waals surface area contributed by atoms with Gasteiger partial charge in [0.15, 0.2) is 0 Å². The van der Waals surface area contributed by atoms with Gasteiger partial charge < -0.3 is 10.1 Å². The zero-order valence-corrected chi connectivity index (χ0v) is 15.4. The fourth-order valence-corrected chi connectivity index (χ4v) is 2.80. The molecule has 0 bridgehead atoms. The van der Waals surface area contributed by atoms with E-state index in [0.717, 1.165) is 18.5 Å². The Kier molecular flexibility index (Phi) is 5.27. The number of carbonyl (C=O) groups is 1. The topological polar surface area (TPSA) is 68.2 Å². The molecule has 1 aliphatic heterocycles. The van der Waals surface area contributed by atoms with Gasteiger partial charge in [-0.1, -0.05) is 20.8 Å². The molecule has 26 heavy (non-hydrogen) atoms. The van der Waals surface area contributed by atoms with Crippen LogP contribution in [-0.2, 0) is 10.2 Å². The van der Waals surface area contributed by atoms with E-state index in [4.69, 9.17) is 4.74 Å². The minimum absolute atomic E-state index is 0.105. The van der Waals surface area contributed by atoms with Crippen molar-refractivity contribution >= 4 is 11.8 Å². The van der Waals surface area contributed by atoms with Crippen LogP contribution in [0.2, 0.25) is 0 Å². The second-order valence-corrected chi connectivity index (χ2v) is 7.54. The number of carbonyl (C=O) groups excluding carboxylic acids is 1. The molecule has 140 valence electrons. The lowest BCUT2D eigenvalue weighted by Crippen LogP contribution is -2.41. The second-order valence-electron chi connectivity index (χ2n) is 7.54. The first kappa shape index (κ1) is 18.4. The number of amides is 2. The second kappa shape index (κ2) is 7.45. The van der Waals surface area contributed by atoms with Crippen molar-refractivity contribution in [3.05, 3.63) is 41.8 Å². The Labute approximate surface area is 152 Å². The molecule has 0 saturated carbocycles. The number of rotatable bonds is 3. The van der Waals surface area contributed by atoms with E-state index in [1.54, 1.807) is 16.8 Å². The van der Waals surface area contributed by atoms with Gasteiger partial charge in [0.05, 0.1) is 11.4 Å². The number of aromatic nitrogens is 2. The molecule has 1 aliphatic rings. The number of ether oxygens (including phenoxy) is 1. The smallest absolute Gasteiger partial charge is 0.320 e. The van der Waals surface area contributed by atoms with Gasteiger partial charge in [-0.15, -0.1) is 0 Å². The molecule has 2 aromatic rings. The zero-order chi connectivity index (χ0) is 18.7. The van der Waals surface area contributed by atoms with E-state index in [2.05, 4.69) is 36.5 Å². The van der Waals surface area contributed by atoms with Gasteiger partial charge in [0, 0.05) is 30.7 Å². The molecule has 1 aromatic carbocycles. The van der Waals surface area contributed by atoms with Crippen molar-refractivity contribution in [2.24, 2.45) is 0 Å². The quantitative estimate of drug-likeness (QED) is 0.879. The van der Waals surface area contributed by atoms with Crippen molar-refractivity contribution in [3.63, 3.8) is 0 Å². The van der Waals surface area contributed by atoms with Gasteiger partial charge in [-0.2, -0.15) is 5.10 Å². The number of urea groups is 1. The average Bonchev–Trinajstić information content (AvgIpc) is 3.00. The fourth-order valence-electron chi connectivity index (χ4n) is 2.80. The molecule has 0 unspecified atom stereocenters. The van der Waals surface area contributed by atoms with Gasteiger partial charge >= 0.3 is 6.03 Å². The summed E-state index contributed by atoms with van der Waals surface area (Å²) in [5, 5.41) is 10.5. The van der Waals surface area contributed by atoms with Crippen LogP contribution in [0.3, 0.4) is 0 Å². The largest absolute Gasteiger partial charge is 0.381 e. The highest BCUT2D eigenvalue weighted by atomic mass is 19.1. The molecular formula is C19H25FN4O2. The van der Waals surface area contributed by atoms with Crippen molar-refractivity contribution in [1.82, 2.24) is 15.1 Å². The first-order valence-electron chi connectivity index (χ1n) is 8.85. The van der Waals surface area contributed by atoms with Crippen molar-refractivity contribution < 1.29 is 13.9 Å². The average molecular weight is 360 g/mol. The van der Waals surface area contributed by atoms with E-state index in [1.165, 1.54) is 12.1 Å². The lowest BCUT2D eigenvalue weighted by Gasteiger charge is -2.23. The van der Waals surface area contributed by atoms with Crippen LogP contribution >= 0.6 is 0 Å². The van der Waals surface area contributed by atoms with Crippen LogP contribution in [0.4, 0.5) is 15.0 Å². The van der Waals surface area contributed by atoms with Crippen molar-refractivity contribution in [1.29, 1.82) is 0 Å². The normalized spacial score (nSPS) is 15.7. The van der Waals surface area contributed by atoms with Crippen LogP contribution < -0.4 is 10.6 Å². The summed E-state index contributed by atoms with van der Waals surface area (Å²) in [6.45, 7) is 7.47. The molecule has 0 atom stereocenters. The highest BCUT2D eigenvalue weighted by Crippen LogP contribution is 2.26. The van der Waals surface area contributed by atoms with Crippen molar-refractivity contribution in [2.75, 3.05) is 18.5 Å². The van der Waals surface area contributed by atoms with Crippen LogP contribution in [0.5, 0.6) is 0 Å². The highest BCUT2D eigenvalue weighted by Gasteiger charge is 2.22. The number of nitrogens with one attached hydrogen (secondary N) is 2. The summed E-state index contributed by atoms with van der Waals surface area (Å²) in [5.74, 6) is 0.231. The molecule has 1 saturated heterocycles. The van der Waals surface area contributed by atoms with E-state index in [-0.39, 0.29) is 23.3 Å². The Morgan fingerprint density at radius 1 is 1.23 bits per heavy atom. The molecule has 2 amide bonds. The van der Waals surface area contributed by atoms with Gasteiger partial charge in [-0.3, -0.25) is 5.32 Å². The Hall–Kier alpha value is -2.41. The fraction of sp³-hybridized carbons (Fsp3) is 0.474. The Morgan fingerprint density at radius 2 is 1.88 bits per heavy atom. The first-order valence-corrected chi connectivity index (χ1v) is 8.85. The van der Waals surface area contributed by atoms with E-state index >= 15 is 0 Å². The zero-order valence-electron chi connectivity index (χ0n) is 15.4. The number of hydrogen-bond donors (Lipinski definition) is 2. The third-order valence-electron chi connectivity index (χ3n) is 4.35. The van der Waals surface area contributed by atoms with Crippen LogP contribution in [0.1, 0.15) is 39.3 Å². The molecule has 0 radical (unpaired) electrons. The molecule has 7 heteroatoms. The SMILES string of the molecule is CC(C)(C)c1cc(NC(=O)NC2CCOCC2)n(-c2ccc(F)cc2)n1. The molecule has 0 spiro atoms. The summed E-state index contributed by atoms with van der Waals surface area (Å²) in [7, 11) is 0. The Bertz CT molecular complexity index is 759. The number of anilines is 1. The number of nitrogens with zero attached hydrogens (tertiary/aromatic N) is 2. The van der Waals surface area contributed by atoms with E-state index in [1.807, 2.05) is 6.07 Å². The molecule has 6 nitrogen and oxygen atoms in total. The molecule has 2 N–H and O–H groups in total. The number of halogens is 1. The molecule has 0 aliphatic carbocycles. The van der Waals surface area contributed by atoms with Crippen LogP contribution in [-0.4, -0.2) is 35.1 Å². The van der Waals surface area contributed by atoms with E-state index in [0.29, 0.717) is 24.7 Å². The lowest BCUT2D eigenvalue weighted by atomic mass is 9.92. The highest BCUT2D eigenvalue weighted by molar-refractivity contribution is 5.89. The number of hydrogen-bond acceptors (Lipinski definition) is 3. The predicted octanol–water partition coefficient (Wildman–Crippen LogP) is 3.61. The van der Waals surface area contributed by atoms with Gasteiger partial charge in [0.25, 0.3) is 0 Å². The summed E-state index contributed by atoms with van der Waals surface area (Å²) in [6.07, 6.45) is 1.61. The van der Waals surface area contributed by atoms with Crippen LogP contribution in [0.15, 0.2) is 30.3 Å². The lowest BCUT2D eigenvalue weighted by molar-refractivity contribution is 0.0806. The minimum atomic E-state index is -0.316. The van der Waals surface area contributed by atoms with E-state index < -0.39 is 0 Å². The van der Waals surface area contributed by atoms with Crippen molar-refractivity contribution in [2.45, 2.75) is 45.1 Å². The summed E-state index contributed by atoms with van der Waals surface area (Å²) in [5.41, 5.74) is 1.34. The maximum Gasteiger partial charge on any atom is 0.320 e. The summed E-state index contributed by atoms with van der Waals surface area (Å²) >= 11 is 0. The summed E-state index contributed by atoms with van der Waals surface area (Å²) in [4.78, 5) is 12.4. The van der Waals surface area contributed by atoms with E-state index in [9.17, 15) is 9.18 Å². The Morgan fingerprint density at radius 3 is 2.50 bits per heavy atom. The predicted molar refractivity (Wildman–Crippen MR) is 98.2 cm³/mol. The molecule has 2 heterocycles. The standard InChI is InChI=1S/C19H25FN4O2/c1-19(2,3)16-12-17(22-18(25)21-14-8-10-26-11-9-14)24(23-16)15-6-4-13(20)5-7-15/h4-7,12,14H,8-11H2,1-3H3,(H2,21,22,25). The first-order chi connectivity index (χ1) is 12.3. The third kappa shape index (κ3) is 4.40. The maximum absolute atomic E-state index is 13.2.